The molecule has 13 heavy (non-hydrogen) atoms. The second-order valence-corrected chi connectivity index (χ2v) is 3.84. The Morgan fingerprint density at radius 2 is 2.38 bits per heavy atom. The molecular weight excluding hydrogens is 192 g/mol. The molecule has 1 amide bonds. The first-order valence-electron chi connectivity index (χ1n) is 4.01. The van der Waals surface area contributed by atoms with E-state index in [-0.39, 0.29) is 18.5 Å². The molecular formula is C7H12N2O3S. The van der Waals surface area contributed by atoms with Gasteiger partial charge in [-0.1, -0.05) is 0 Å². The minimum absolute atomic E-state index is 0.227. The van der Waals surface area contributed by atoms with Crippen LogP contribution in [-0.4, -0.2) is 47.6 Å². The number of rotatable bonds is 3. The maximum Gasteiger partial charge on any atom is 0.322 e. The van der Waals surface area contributed by atoms with Crippen molar-refractivity contribution >= 4 is 23.6 Å². The van der Waals surface area contributed by atoms with E-state index in [1.165, 1.54) is 0 Å². The summed E-state index contributed by atoms with van der Waals surface area (Å²) in [6, 6.07) is -0.238. The number of aliphatic carboxylic acids is 1. The highest BCUT2D eigenvalue weighted by Gasteiger charge is 2.20. The van der Waals surface area contributed by atoms with Crippen LogP contribution in [0.3, 0.4) is 0 Å². The van der Waals surface area contributed by atoms with Gasteiger partial charge in [0.15, 0.2) is 0 Å². The van der Waals surface area contributed by atoms with Crippen LogP contribution in [0.2, 0.25) is 0 Å². The highest BCUT2D eigenvalue weighted by atomic mass is 32.2. The molecule has 0 aromatic carbocycles. The minimum atomic E-state index is -1.02. The Kier molecular flexibility index (Phi) is 4.04. The number of thioether (sulfide) groups is 1. The first-order chi connectivity index (χ1) is 6.20. The number of carboxylic acids is 1. The van der Waals surface area contributed by atoms with Gasteiger partial charge in [-0.25, -0.2) is 0 Å². The Labute approximate surface area is 80.3 Å². The monoisotopic (exact) mass is 204 g/mol. The lowest BCUT2D eigenvalue weighted by Gasteiger charge is -2.21. The summed E-state index contributed by atoms with van der Waals surface area (Å²) in [7, 11) is 0. The van der Waals surface area contributed by atoms with E-state index in [0.717, 1.165) is 12.3 Å². The van der Waals surface area contributed by atoms with Crippen molar-refractivity contribution in [2.24, 2.45) is 0 Å². The fourth-order valence-corrected chi connectivity index (χ4v) is 1.95. The Hall–Kier alpha value is -0.750. The molecule has 74 valence electrons. The van der Waals surface area contributed by atoms with Gasteiger partial charge in [0, 0.05) is 18.1 Å². The predicted molar refractivity (Wildman–Crippen MR) is 49.8 cm³/mol. The van der Waals surface area contributed by atoms with E-state index < -0.39 is 5.97 Å². The molecule has 0 spiro atoms. The zero-order chi connectivity index (χ0) is 9.68. The van der Waals surface area contributed by atoms with E-state index in [9.17, 15) is 9.59 Å². The Morgan fingerprint density at radius 1 is 1.62 bits per heavy atom. The summed E-state index contributed by atoms with van der Waals surface area (Å²) in [6.45, 7) is 0.498. The molecule has 1 aliphatic heterocycles. The quantitative estimate of drug-likeness (QED) is 0.543. The predicted octanol–water partition coefficient (Wildman–Crippen LogP) is -1.11. The molecule has 1 aliphatic rings. The van der Waals surface area contributed by atoms with Crippen molar-refractivity contribution in [1.82, 2.24) is 10.6 Å². The van der Waals surface area contributed by atoms with Crippen molar-refractivity contribution in [2.75, 3.05) is 24.6 Å². The van der Waals surface area contributed by atoms with Gasteiger partial charge in [-0.3, -0.25) is 9.59 Å². The number of hydrogen-bond donors (Lipinski definition) is 3. The van der Waals surface area contributed by atoms with Gasteiger partial charge in [0.25, 0.3) is 0 Å². The topological polar surface area (TPSA) is 78.4 Å². The van der Waals surface area contributed by atoms with Crippen LogP contribution < -0.4 is 10.6 Å². The average molecular weight is 204 g/mol. The molecule has 5 nitrogen and oxygen atoms in total. The largest absolute Gasteiger partial charge is 0.480 e. The lowest BCUT2D eigenvalue weighted by atomic mass is 10.3. The average Bonchev–Trinajstić information content (AvgIpc) is 2.15. The molecule has 0 aliphatic carbocycles. The lowest BCUT2D eigenvalue weighted by Crippen LogP contribution is -2.49. The van der Waals surface area contributed by atoms with E-state index in [2.05, 4.69) is 10.6 Å². The second-order valence-electron chi connectivity index (χ2n) is 2.69. The highest BCUT2D eigenvalue weighted by molar-refractivity contribution is 7.99. The summed E-state index contributed by atoms with van der Waals surface area (Å²) in [4.78, 5) is 21.4. The fraction of sp³-hybridized carbons (Fsp3) is 0.714. The number of nitrogens with one attached hydrogen (secondary N) is 2. The van der Waals surface area contributed by atoms with E-state index in [0.29, 0.717) is 5.75 Å². The molecule has 0 aromatic rings. The van der Waals surface area contributed by atoms with Crippen molar-refractivity contribution in [3.05, 3.63) is 0 Å². The molecule has 0 radical (unpaired) electrons. The van der Waals surface area contributed by atoms with Crippen LogP contribution in [0.5, 0.6) is 0 Å². The van der Waals surface area contributed by atoms with Crippen LogP contribution >= 0.6 is 11.8 Å². The molecule has 3 N–H and O–H groups in total. The first kappa shape index (κ1) is 10.3. The van der Waals surface area contributed by atoms with Crippen LogP contribution in [0, 0.1) is 0 Å². The Balaban J connectivity index is 2.25. The molecule has 1 rings (SSSR count). The normalized spacial score (nSPS) is 22.3. The van der Waals surface area contributed by atoms with Crippen LogP contribution in [0.15, 0.2) is 0 Å². The summed E-state index contributed by atoms with van der Waals surface area (Å²) >= 11 is 1.69. The molecule has 0 bridgehead atoms. The fourth-order valence-electron chi connectivity index (χ4n) is 1.02. The van der Waals surface area contributed by atoms with E-state index in [4.69, 9.17) is 5.11 Å². The zero-order valence-electron chi connectivity index (χ0n) is 7.08. The van der Waals surface area contributed by atoms with Crippen molar-refractivity contribution in [3.8, 4) is 0 Å². The maximum absolute atomic E-state index is 11.3. The lowest BCUT2D eigenvalue weighted by molar-refractivity contribution is -0.138. The smallest absolute Gasteiger partial charge is 0.322 e. The molecule has 0 aromatic heterocycles. The Morgan fingerprint density at radius 3 is 2.92 bits per heavy atom. The van der Waals surface area contributed by atoms with Gasteiger partial charge in [-0.2, -0.15) is 11.8 Å². The summed E-state index contributed by atoms with van der Waals surface area (Å²) in [6.07, 6.45) is 0. The van der Waals surface area contributed by atoms with Gasteiger partial charge < -0.3 is 15.7 Å². The van der Waals surface area contributed by atoms with Gasteiger partial charge in [0.2, 0.25) is 5.91 Å². The SMILES string of the molecule is O=C(O)CNC(=O)C1CSCCN1. The third-order valence-electron chi connectivity index (χ3n) is 1.65. The third kappa shape index (κ3) is 3.65. The van der Waals surface area contributed by atoms with Crippen molar-refractivity contribution in [2.45, 2.75) is 6.04 Å². The number of amides is 1. The zero-order valence-corrected chi connectivity index (χ0v) is 7.89. The number of carbonyl (C=O) groups is 2. The van der Waals surface area contributed by atoms with Gasteiger partial charge in [0.05, 0.1) is 6.04 Å². The van der Waals surface area contributed by atoms with Crippen LogP contribution in [-0.2, 0) is 9.59 Å². The number of hydrogen-bond acceptors (Lipinski definition) is 4. The van der Waals surface area contributed by atoms with E-state index in [1.807, 2.05) is 0 Å². The highest BCUT2D eigenvalue weighted by Crippen LogP contribution is 2.07. The van der Waals surface area contributed by atoms with Gasteiger partial charge in [0.1, 0.15) is 6.54 Å². The van der Waals surface area contributed by atoms with Gasteiger partial charge in [-0.15, -0.1) is 0 Å². The van der Waals surface area contributed by atoms with Gasteiger partial charge in [-0.05, 0) is 0 Å². The standard InChI is InChI=1S/C7H12N2O3S/c10-6(11)3-9-7(12)5-4-13-2-1-8-5/h5,8H,1-4H2,(H,9,12)(H,10,11). The molecule has 1 atom stereocenters. The Bertz CT molecular complexity index is 204. The minimum Gasteiger partial charge on any atom is -0.480 e. The molecule has 1 fully saturated rings. The third-order valence-corrected chi connectivity index (χ3v) is 2.71. The van der Waals surface area contributed by atoms with E-state index in [1.54, 1.807) is 11.8 Å². The van der Waals surface area contributed by atoms with Gasteiger partial charge >= 0.3 is 5.97 Å². The van der Waals surface area contributed by atoms with Crippen molar-refractivity contribution in [1.29, 1.82) is 0 Å². The number of carbonyl (C=O) groups excluding carboxylic acids is 1. The van der Waals surface area contributed by atoms with Crippen LogP contribution in [0.1, 0.15) is 0 Å². The molecule has 1 unspecified atom stereocenters. The van der Waals surface area contributed by atoms with Crippen molar-refractivity contribution < 1.29 is 14.7 Å². The summed E-state index contributed by atoms with van der Waals surface area (Å²) in [5.74, 6) is 0.472. The maximum atomic E-state index is 11.3. The molecule has 1 saturated heterocycles. The molecule has 1 heterocycles. The van der Waals surface area contributed by atoms with Crippen LogP contribution in [0.4, 0.5) is 0 Å². The molecule has 0 saturated carbocycles. The molecule has 6 heteroatoms. The number of carboxylic acid groups (broad SMARTS) is 1. The summed E-state index contributed by atoms with van der Waals surface area (Å²) in [5, 5.41) is 13.7. The van der Waals surface area contributed by atoms with E-state index >= 15 is 0 Å². The summed E-state index contributed by atoms with van der Waals surface area (Å²) in [5.41, 5.74) is 0. The summed E-state index contributed by atoms with van der Waals surface area (Å²) < 4.78 is 0. The van der Waals surface area contributed by atoms with Crippen LogP contribution in [0.25, 0.3) is 0 Å². The second kappa shape index (κ2) is 5.08. The first-order valence-corrected chi connectivity index (χ1v) is 5.16. The van der Waals surface area contributed by atoms with Crippen molar-refractivity contribution in [3.63, 3.8) is 0 Å².